The first kappa shape index (κ1) is 24.9. The van der Waals surface area contributed by atoms with E-state index < -0.39 is 6.04 Å². The van der Waals surface area contributed by atoms with Crippen LogP contribution < -0.4 is 21.8 Å². The molecule has 3 aromatic rings. The molecule has 1 atom stereocenters. The van der Waals surface area contributed by atoms with Crippen molar-refractivity contribution in [1.29, 1.82) is 0 Å². The Bertz CT molecular complexity index is 1050. The van der Waals surface area contributed by atoms with Crippen LogP contribution in [0.4, 0.5) is 0 Å². The van der Waals surface area contributed by atoms with E-state index in [1.54, 1.807) is 13.1 Å². The largest absolute Gasteiger partial charge is 0.361 e. The number of carbonyl (C=O) groups is 2. The van der Waals surface area contributed by atoms with Gasteiger partial charge in [-0.05, 0) is 36.1 Å². The third-order valence-corrected chi connectivity index (χ3v) is 5.02. The van der Waals surface area contributed by atoms with Gasteiger partial charge >= 0.3 is 0 Å². The maximum absolute atomic E-state index is 12.2. The van der Waals surface area contributed by atoms with Gasteiger partial charge in [0.05, 0.1) is 18.8 Å². The molecule has 170 valence electrons. The quantitative estimate of drug-likeness (QED) is 0.181. The van der Waals surface area contributed by atoms with Gasteiger partial charge < -0.3 is 26.8 Å². The highest BCUT2D eigenvalue weighted by Crippen LogP contribution is 2.17. The SMILES string of the molecule is CC(NCc1ccc(C=NN)cc1)C(=O)NCC(=O)NCCc1c[nH]c2ccccc12.Cl. The number of nitrogens with one attached hydrogen (secondary N) is 4. The van der Waals surface area contributed by atoms with Gasteiger partial charge in [-0.25, -0.2) is 0 Å². The Morgan fingerprint density at radius 1 is 1.12 bits per heavy atom. The van der Waals surface area contributed by atoms with E-state index in [4.69, 9.17) is 5.84 Å². The van der Waals surface area contributed by atoms with Crippen LogP contribution in [0.15, 0.2) is 59.8 Å². The van der Waals surface area contributed by atoms with E-state index >= 15 is 0 Å². The molecule has 0 saturated carbocycles. The monoisotopic (exact) mass is 456 g/mol. The first-order chi connectivity index (χ1) is 15.1. The smallest absolute Gasteiger partial charge is 0.239 e. The van der Waals surface area contributed by atoms with Crippen LogP contribution in [0.2, 0.25) is 0 Å². The van der Waals surface area contributed by atoms with Crippen molar-refractivity contribution < 1.29 is 9.59 Å². The van der Waals surface area contributed by atoms with Crippen molar-refractivity contribution in [2.45, 2.75) is 25.9 Å². The molecule has 2 aromatic carbocycles. The molecule has 0 saturated heterocycles. The normalized spacial score (nSPS) is 11.8. The van der Waals surface area contributed by atoms with Crippen LogP contribution in [0.25, 0.3) is 10.9 Å². The molecule has 0 fully saturated rings. The third-order valence-electron chi connectivity index (χ3n) is 5.02. The molecule has 1 unspecified atom stereocenters. The fourth-order valence-electron chi connectivity index (χ4n) is 3.23. The summed E-state index contributed by atoms with van der Waals surface area (Å²) in [5.74, 6) is 4.70. The van der Waals surface area contributed by atoms with Crippen molar-refractivity contribution in [3.8, 4) is 0 Å². The van der Waals surface area contributed by atoms with E-state index in [0.717, 1.165) is 34.0 Å². The van der Waals surface area contributed by atoms with E-state index in [-0.39, 0.29) is 30.8 Å². The number of rotatable bonds is 10. The fraction of sp³-hybridized carbons (Fsp3) is 0.261. The predicted octanol–water partition coefficient (Wildman–Crippen LogP) is 1.84. The minimum Gasteiger partial charge on any atom is -0.361 e. The number of nitrogens with two attached hydrogens (primary N) is 1. The number of aromatic amines is 1. The molecular weight excluding hydrogens is 428 g/mol. The molecular formula is C23H29ClN6O2. The van der Waals surface area contributed by atoms with Crippen molar-refractivity contribution in [2.24, 2.45) is 10.9 Å². The first-order valence-corrected chi connectivity index (χ1v) is 10.2. The standard InChI is InChI=1S/C23H28N6O2.ClH/c1-16(26-12-17-6-8-18(9-7-17)13-29-24)23(31)28-15-22(30)25-11-10-19-14-27-21-5-3-2-4-20(19)21;/h2-9,13-14,16,26-27H,10-12,15,24H2,1H3,(H,25,30)(H,28,31);1H. The van der Waals surface area contributed by atoms with Gasteiger partial charge in [0.15, 0.2) is 0 Å². The van der Waals surface area contributed by atoms with Gasteiger partial charge in [0, 0.05) is 30.2 Å². The molecule has 32 heavy (non-hydrogen) atoms. The number of para-hydroxylation sites is 1. The topological polar surface area (TPSA) is 124 Å². The summed E-state index contributed by atoms with van der Waals surface area (Å²) in [6, 6.07) is 15.3. The number of carbonyl (C=O) groups excluding carboxylic acids is 2. The second-order valence-electron chi connectivity index (χ2n) is 7.30. The maximum Gasteiger partial charge on any atom is 0.239 e. The first-order valence-electron chi connectivity index (χ1n) is 10.2. The predicted molar refractivity (Wildman–Crippen MR) is 130 cm³/mol. The molecule has 8 nitrogen and oxygen atoms in total. The Hall–Kier alpha value is -3.36. The minimum atomic E-state index is -0.427. The third kappa shape index (κ3) is 7.11. The Balaban J connectivity index is 0.00000363. The number of amides is 2. The van der Waals surface area contributed by atoms with Crippen LogP contribution in [-0.4, -0.2) is 42.1 Å². The highest BCUT2D eigenvalue weighted by atomic mass is 35.5. The number of halogens is 1. The van der Waals surface area contributed by atoms with Crippen molar-refractivity contribution in [1.82, 2.24) is 20.9 Å². The lowest BCUT2D eigenvalue weighted by atomic mass is 10.1. The molecule has 0 spiro atoms. The number of fused-ring (bicyclic) bond motifs is 1. The van der Waals surface area contributed by atoms with Gasteiger partial charge in [0.25, 0.3) is 0 Å². The summed E-state index contributed by atoms with van der Waals surface area (Å²) in [6.07, 6.45) is 4.25. The lowest BCUT2D eigenvalue weighted by Gasteiger charge is -2.14. The van der Waals surface area contributed by atoms with Gasteiger partial charge in [0.2, 0.25) is 11.8 Å². The molecule has 1 heterocycles. The Morgan fingerprint density at radius 3 is 2.62 bits per heavy atom. The summed E-state index contributed by atoms with van der Waals surface area (Å²) in [7, 11) is 0. The summed E-state index contributed by atoms with van der Waals surface area (Å²) in [6.45, 7) is 2.76. The highest BCUT2D eigenvalue weighted by Gasteiger charge is 2.13. The van der Waals surface area contributed by atoms with Crippen molar-refractivity contribution in [2.75, 3.05) is 13.1 Å². The van der Waals surface area contributed by atoms with E-state index in [0.29, 0.717) is 13.1 Å². The molecule has 0 radical (unpaired) electrons. The summed E-state index contributed by atoms with van der Waals surface area (Å²) in [5.41, 5.74) is 4.18. The number of hydrogen-bond acceptors (Lipinski definition) is 5. The van der Waals surface area contributed by atoms with Gasteiger partial charge in [-0.3, -0.25) is 9.59 Å². The number of benzene rings is 2. The molecule has 3 rings (SSSR count). The summed E-state index contributed by atoms with van der Waals surface area (Å²) in [4.78, 5) is 27.5. The second kappa shape index (κ2) is 12.5. The summed E-state index contributed by atoms with van der Waals surface area (Å²) in [5, 5.41) is 13.3. The average Bonchev–Trinajstić information content (AvgIpc) is 3.20. The molecule has 0 aliphatic heterocycles. The average molecular weight is 457 g/mol. The molecule has 1 aromatic heterocycles. The number of H-pyrrole nitrogens is 1. The van der Waals surface area contributed by atoms with Crippen molar-refractivity contribution in [3.05, 3.63) is 71.4 Å². The molecule has 0 bridgehead atoms. The van der Waals surface area contributed by atoms with E-state index in [1.165, 1.54) is 0 Å². The van der Waals surface area contributed by atoms with Crippen LogP contribution in [0.3, 0.4) is 0 Å². The van der Waals surface area contributed by atoms with Crippen LogP contribution in [0, 0.1) is 0 Å². The number of aromatic nitrogens is 1. The zero-order chi connectivity index (χ0) is 22.1. The lowest BCUT2D eigenvalue weighted by Crippen LogP contribution is -2.45. The number of hydrazone groups is 1. The number of nitrogens with zero attached hydrogens (tertiary/aromatic N) is 1. The van der Waals surface area contributed by atoms with E-state index in [1.807, 2.05) is 48.7 Å². The van der Waals surface area contributed by atoms with Gasteiger partial charge in [-0.2, -0.15) is 5.10 Å². The maximum atomic E-state index is 12.2. The molecule has 0 aliphatic carbocycles. The van der Waals surface area contributed by atoms with Crippen LogP contribution in [0.5, 0.6) is 0 Å². The highest BCUT2D eigenvalue weighted by molar-refractivity contribution is 5.87. The summed E-state index contributed by atoms with van der Waals surface area (Å²) >= 11 is 0. The molecule has 0 aliphatic rings. The molecule has 2 amide bonds. The van der Waals surface area contributed by atoms with Crippen LogP contribution in [-0.2, 0) is 22.6 Å². The zero-order valence-electron chi connectivity index (χ0n) is 17.9. The van der Waals surface area contributed by atoms with E-state index in [9.17, 15) is 9.59 Å². The Morgan fingerprint density at radius 2 is 1.88 bits per heavy atom. The molecule has 9 heteroatoms. The van der Waals surface area contributed by atoms with Gasteiger partial charge in [0.1, 0.15) is 0 Å². The van der Waals surface area contributed by atoms with Crippen LogP contribution in [0.1, 0.15) is 23.6 Å². The Kier molecular flexibility index (Phi) is 9.72. The zero-order valence-corrected chi connectivity index (χ0v) is 18.7. The lowest BCUT2D eigenvalue weighted by molar-refractivity contribution is -0.127. The fourth-order valence-corrected chi connectivity index (χ4v) is 3.23. The molecule has 6 N–H and O–H groups in total. The Labute approximate surface area is 193 Å². The van der Waals surface area contributed by atoms with Crippen LogP contribution >= 0.6 is 12.4 Å². The van der Waals surface area contributed by atoms with Gasteiger partial charge in [-0.1, -0.05) is 42.5 Å². The second-order valence-corrected chi connectivity index (χ2v) is 7.30. The van der Waals surface area contributed by atoms with Gasteiger partial charge in [-0.15, -0.1) is 12.4 Å². The van der Waals surface area contributed by atoms with Crippen molar-refractivity contribution >= 4 is 41.3 Å². The van der Waals surface area contributed by atoms with Crippen molar-refractivity contribution in [3.63, 3.8) is 0 Å². The van der Waals surface area contributed by atoms with E-state index in [2.05, 4.69) is 32.1 Å². The minimum absolute atomic E-state index is 0. The number of hydrogen-bond donors (Lipinski definition) is 5. The summed E-state index contributed by atoms with van der Waals surface area (Å²) < 4.78 is 0.